The second-order valence-corrected chi connectivity index (χ2v) is 2.27. The predicted molar refractivity (Wildman–Crippen MR) is 51.7 cm³/mol. The quantitative estimate of drug-likeness (QED) is 0.208. The van der Waals surface area contributed by atoms with Crippen LogP contribution in [0.2, 0.25) is 0 Å². The monoisotopic (exact) mass is 187 g/mol. The smallest absolute Gasteiger partial charge is 0.222 e. The lowest BCUT2D eigenvalue weighted by Gasteiger charge is -1.99. The first-order valence-corrected chi connectivity index (χ1v) is 4.24. The van der Waals surface area contributed by atoms with E-state index in [2.05, 4.69) is 5.16 Å². The van der Waals surface area contributed by atoms with Gasteiger partial charge in [0.25, 0.3) is 0 Å². The van der Waals surface area contributed by atoms with Crippen molar-refractivity contribution >= 4 is 5.90 Å². The van der Waals surface area contributed by atoms with Gasteiger partial charge in [0.1, 0.15) is 6.61 Å². The van der Waals surface area contributed by atoms with Gasteiger partial charge in [0.2, 0.25) is 5.90 Å². The van der Waals surface area contributed by atoms with E-state index in [-0.39, 0.29) is 0 Å². The third kappa shape index (κ3) is 8.88. The third-order valence-corrected chi connectivity index (χ3v) is 1.15. The van der Waals surface area contributed by atoms with Gasteiger partial charge in [0.05, 0.1) is 13.2 Å². The van der Waals surface area contributed by atoms with Crippen molar-refractivity contribution in [3.63, 3.8) is 0 Å². The maximum atomic E-state index is 5.05. The minimum absolute atomic E-state index is 0.438. The minimum Gasteiger partial charge on any atom is -0.479 e. The standard InChI is InChI=1S/C9H17NO3/c1-4-12-9(2)10-13-8-6-5-7-11-3/h5-6H,4,7-8H2,1-3H3/b6-5-,10-9-. The number of oxime groups is 1. The summed E-state index contributed by atoms with van der Waals surface area (Å²) in [6.07, 6.45) is 3.71. The Hall–Kier alpha value is -1.03. The summed E-state index contributed by atoms with van der Waals surface area (Å²) in [5.41, 5.74) is 0. The predicted octanol–water partition coefficient (Wildman–Crippen LogP) is 1.58. The number of ether oxygens (including phenoxy) is 2. The highest BCUT2D eigenvalue weighted by molar-refractivity contribution is 5.72. The first kappa shape index (κ1) is 12.0. The van der Waals surface area contributed by atoms with Crippen molar-refractivity contribution in [1.82, 2.24) is 0 Å². The Morgan fingerprint density at radius 1 is 1.31 bits per heavy atom. The topological polar surface area (TPSA) is 40.0 Å². The normalized spacial score (nSPS) is 12.1. The molecular formula is C9H17NO3. The molecule has 0 radical (unpaired) electrons. The summed E-state index contributed by atoms with van der Waals surface area (Å²) in [6.45, 7) is 5.30. The summed E-state index contributed by atoms with van der Waals surface area (Å²) in [7, 11) is 1.64. The molecular weight excluding hydrogens is 170 g/mol. The van der Waals surface area contributed by atoms with E-state index in [1.165, 1.54) is 0 Å². The molecule has 0 aromatic rings. The second-order valence-electron chi connectivity index (χ2n) is 2.27. The van der Waals surface area contributed by atoms with Crippen molar-refractivity contribution in [2.45, 2.75) is 13.8 Å². The maximum absolute atomic E-state index is 5.05. The highest BCUT2D eigenvalue weighted by Crippen LogP contribution is 1.85. The van der Waals surface area contributed by atoms with Crippen LogP contribution in [-0.2, 0) is 14.3 Å². The average molecular weight is 187 g/mol. The van der Waals surface area contributed by atoms with Crippen molar-refractivity contribution in [1.29, 1.82) is 0 Å². The number of hydrogen-bond acceptors (Lipinski definition) is 4. The molecule has 0 saturated heterocycles. The average Bonchev–Trinajstić information content (AvgIpc) is 2.11. The molecule has 0 atom stereocenters. The van der Waals surface area contributed by atoms with Crippen LogP contribution < -0.4 is 0 Å². The Kier molecular flexibility index (Phi) is 8.34. The molecule has 0 rings (SSSR count). The fraction of sp³-hybridized carbons (Fsp3) is 0.667. The second kappa shape index (κ2) is 9.06. The van der Waals surface area contributed by atoms with Crippen molar-refractivity contribution in [2.75, 3.05) is 26.9 Å². The van der Waals surface area contributed by atoms with Crippen LogP contribution in [0.3, 0.4) is 0 Å². The van der Waals surface area contributed by atoms with Crippen LogP contribution in [0, 0.1) is 0 Å². The van der Waals surface area contributed by atoms with Crippen LogP contribution >= 0.6 is 0 Å². The van der Waals surface area contributed by atoms with Gasteiger partial charge in [-0.25, -0.2) is 0 Å². The zero-order valence-electron chi connectivity index (χ0n) is 8.45. The van der Waals surface area contributed by atoms with Gasteiger partial charge >= 0.3 is 0 Å². The molecule has 0 N–H and O–H groups in total. The van der Waals surface area contributed by atoms with E-state index in [9.17, 15) is 0 Å². The fourth-order valence-corrected chi connectivity index (χ4v) is 0.639. The van der Waals surface area contributed by atoms with E-state index in [1.54, 1.807) is 14.0 Å². The largest absolute Gasteiger partial charge is 0.479 e. The summed E-state index contributed by atoms with van der Waals surface area (Å²) in [5, 5.41) is 3.71. The van der Waals surface area contributed by atoms with E-state index in [0.717, 1.165) is 0 Å². The van der Waals surface area contributed by atoms with Crippen molar-refractivity contribution in [3.8, 4) is 0 Å². The number of hydrogen-bond donors (Lipinski definition) is 0. The van der Waals surface area contributed by atoms with E-state index < -0.39 is 0 Å². The Morgan fingerprint density at radius 3 is 2.62 bits per heavy atom. The summed E-state index contributed by atoms with van der Waals surface area (Å²) in [4.78, 5) is 4.92. The van der Waals surface area contributed by atoms with Gasteiger partial charge in [-0.15, -0.1) is 0 Å². The molecule has 0 aliphatic carbocycles. The first-order valence-electron chi connectivity index (χ1n) is 4.24. The lowest BCUT2D eigenvalue weighted by atomic mass is 10.5. The SMILES string of the molecule is CCO/C(C)=N\OC/C=C\COC. The lowest BCUT2D eigenvalue weighted by Crippen LogP contribution is -1.99. The molecule has 0 amide bonds. The first-order chi connectivity index (χ1) is 6.31. The molecule has 0 aliphatic rings. The van der Waals surface area contributed by atoms with E-state index in [0.29, 0.717) is 25.7 Å². The van der Waals surface area contributed by atoms with Crippen molar-refractivity contribution in [3.05, 3.63) is 12.2 Å². The van der Waals surface area contributed by atoms with Crippen molar-refractivity contribution in [2.24, 2.45) is 5.16 Å². The van der Waals surface area contributed by atoms with Crippen LogP contribution in [-0.4, -0.2) is 32.8 Å². The van der Waals surface area contributed by atoms with Crippen LogP contribution in [0.15, 0.2) is 17.3 Å². The highest BCUT2D eigenvalue weighted by Gasteiger charge is 1.87. The molecule has 0 unspecified atom stereocenters. The Morgan fingerprint density at radius 2 is 2.00 bits per heavy atom. The molecule has 0 fully saturated rings. The lowest BCUT2D eigenvalue weighted by molar-refractivity contribution is 0.158. The van der Waals surface area contributed by atoms with Crippen LogP contribution in [0.4, 0.5) is 0 Å². The maximum Gasteiger partial charge on any atom is 0.222 e. The molecule has 0 spiro atoms. The summed E-state index contributed by atoms with van der Waals surface area (Å²) in [6, 6.07) is 0. The molecule has 76 valence electrons. The molecule has 0 aromatic heterocycles. The van der Waals surface area contributed by atoms with Gasteiger partial charge in [-0.1, -0.05) is 11.2 Å². The van der Waals surface area contributed by atoms with Gasteiger partial charge in [0.15, 0.2) is 0 Å². The summed E-state index contributed by atoms with van der Waals surface area (Å²) >= 11 is 0. The summed E-state index contributed by atoms with van der Waals surface area (Å²) < 4.78 is 9.85. The molecule has 0 aliphatic heterocycles. The van der Waals surface area contributed by atoms with E-state index >= 15 is 0 Å². The van der Waals surface area contributed by atoms with Gasteiger partial charge < -0.3 is 14.3 Å². The minimum atomic E-state index is 0.438. The molecule has 4 heteroatoms. The zero-order valence-corrected chi connectivity index (χ0v) is 8.45. The third-order valence-electron chi connectivity index (χ3n) is 1.15. The molecule has 0 saturated carbocycles. The molecule has 0 heterocycles. The van der Waals surface area contributed by atoms with E-state index in [4.69, 9.17) is 14.3 Å². The number of rotatable bonds is 6. The van der Waals surface area contributed by atoms with Gasteiger partial charge in [0, 0.05) is 14.0 Å². The molecule has 0 aromatic carbocycles. The van der Waals surface area contributed by atoms with Gasteiger partial charge in [-0.05, 0) is 13.0 Å². The Bertz CT molecular complexity index is 166. The molecule has 13 heavy (non-hydrogen) atoms. The molecule has 4 nitrogen and oxygen atoms in total. The van der Waals surface area contributed by atoms with Crippen LogP contribution in [0.25, 0.3) is 0 Å². The fourth-order valence-electron chi connectivity index (χ4n) is 0.639. The zero-order chi connectivity index (χ0) is 9.94. The Balaban J connectivity index is 3.37. The number of methoxy groups -OCH3 is 1. The van der Waals surface area contributed by atoms with E-state index in [1.807, 2.05) is 19.1 Å². The highest BCUT2D eigenvalue weighted by atomic mass is 16.6. The van der Waals surface area contributed by atoms with Crippen molar-refractivity contribution < 1.29 is 14.3 Å². The Labute approximate surface area is 79.2 Å². The molecule has 0 bridgehead atoms. The summed E-state index contributed by atoms with van der Waals surface area (Å²) in [5.74, 6) is 0.544. The van der Waals surface area contributed by atoms with Gasteiger partial charge in [-0.3, -0.25) is 0 Å². The van der Waals surface area contributed by atoms with Gasteiger partial charge in [-0.2, -0.15) is 0 Å². The van der Waals surface area contributed by atoms with Crippen LogP contribution in [0.1, 0.15) is 13.8 Å². The number of nitrogens with zero attached hydrogens (tertiary/aromatic N) is 1. The van der Waals surface area contributed by atoms with Crippen LogP contribution in [0.5, 0.6) is 0 Å².